The smallest absolute Gasteiger partial charge is 0.266 e. The number of hydrogen-bond donors (Lipinski definition) is 1. The molecular weight excluding hydrogens is 426 g/mol. The molecular formula is C24H23N3O2S2. The minimum Gasteiger partial charge on any atom is -0.481 e. The fourth-order valence-corrected chi connectivity index (χ4v) is 4.90. The van der Waals surface area contributed by atoms with Gasteiger partial charge in [-0.3, -0.25) is 10.1 Å². The first kappa shape index (κ1) is 21.3. The van der Waals surface area contributed by atoms with E-state index in [0.717, 1.165) is 16.5 Å². The number of aromatic nitrogens is 2. The number of benzene rings is 3. The van der Waals surface area contributed by atoms with Gasteiger partial charge in [-0.15, -0.1) is 10.2 Å². The molecule has 0 radical (unpaired) electrons. The molecule has 3 aromatic carbocycles. The van der Waals surface area contributed by atoms with Crippen molar-refractivity contribution in [2.24, 2.45) is 0 Å². The van der Waals surface area contributed by atoms with Crippen LogP contribution in [0.4, 0.5) is 5.13 Å². The van der Waals surface area contributed by atoms with Gasteiger partial charge in [-0.1, -0.05) is 84.6 Å². The number of anilines is 1. The number of fused-ring (bicyclic) bond motifs is 1. The van der Waals surface area contributed by atoms with E-state index in [1.54, 1.807) is 18.7 Å². The lowest BCUT2D eigenvalue weighted by Gasteiger charge is -2.13. The number of carbonyl (C=O) groups excluding carboxylic acids is 1. The van der Waals surface area contributed by atoms with E-state index in [2.05, 4.69) is 58.8 Å². The quantitative estimate of drug-likeness (QED) is 0.266. The summed E-state index contributed by atoms with van der Waals surface area (Å²) in [4.78, 5) is 12.5. The van der Waals surface area contributed by atoms with E-state index in [1.165, 1.54) is 33.2 Å². The lowest BCUT2D eigenvalue weighted by atomic mass is 10.1. The molecule has 31 heavy (non-hydrogen) atoms. The second-order valence-corrected chi connectivity index (χ2v) is 9.25. The van der Waals surface area contributed by atoms with Crippen LogP contribution >= 0.6 is 23.1 Å². The van der Waals surface area contributed by atoms with Crippen LogP contribution in [0.2, 0.25) is 0 Å². The zero-order chi connectivity index (χ0) is 21.6. The van der Waals surface area contributed by atoms with Crippen molar-refractivity contribution < 1.29 is 9.53 Å². The van der Waals surface area contributed by atoms with Gasteiger partial charge in [-0.2, -0.15) is 0 Å². The van der Waals surface area contributed by atoms with Gasteiger partial charge in [0.05, 0.1) is 0 Å². The predicted octanol–water partition coefficient (Wildman–Crippen LogP) is 5.95. The second-order valence-electron chi connectivity index (χ2n) is 7.05. The van der Waals surface area contributed by atoms with Crippen LogP contribution in [0.3, 0.4) is 0 Å². The summed E-state index contributed by atoms with van der Waals surface area (Å²) in [6, 6.07) is 22.4. The summed E-state index contributed by atoms with van der Waals surface area (Å²) < 4.78 is 6.55. The van der Waals surface area contributed by atoms with Crippen LogP contribution in [-0.4, -0.2) is 22.2 Å². The normalized spacial score (nSPS) is 11.9. The van der Waals surface area contributed by atoms with E-state index >= 15 is 0 Å². The average Bonchev–Trinajstić information content (AvgIpc) is 3.25. The zero-order valence-corrected chi connectivity index (χ0v) is 19.0. The Morgan fingerprint density at radius 3 is 2.65 bits per heavy atom. The van der Waals surface area contributed by atoms with E-state index in [-0.39, 0.29) is 5.91 Å². The molecule has 158 valence electrons. The van der Waals surface area contributed by atoms with Crippen LogP contribution in [-0.2, 0) is 17.0 Å². The summed E-state index contributed by atoms with van der Waals surface area (Å²) in [5.41, 5.74) is 2.48. The highest BCUT2D eigenvalue weighted by atomic mass is 32.2. The Morgan fingerprint density at radius 2 is 1.84 bits per heavy atom. The molecule has 5 nitrogen and oxygen atoms in total. The monoisotopic (exact) mass is 449 g/mol. The molecule has 7 heteroatoms. The molecule has 0 aliphatic heterocycles. The van der Waals surface area contributed by atoms with E-state index < -0.39 is 6.10 Å². The maximum Gasteiger partial charge on any atom is 0.266 e. The summed E-state index contributed by atoms with van der Waals surface area (Å²) in [5.74, 6) is 1.21. The van der Waals surface area contributed by atoms with Crippen LogP contribution in [0.1, 0.15) is 25.0 Å². The van der Waals surface area contributed by atoms with E-state index in [0.29, 0.717) is 10.9 Å². The third kappa shape index (κ3) is 5.42. The Balaban J connectivity index is 1.33. The number of rotatable bonds is 8. The number of ether oxygens (including phenoxy) is 1. The van der Waals surface area contributed by atoms with Gasteiger partial charge in [0.15, 0.2) is 10.4 Å². The minimum atomic E-state index is -0.636. The van der Waals surface area contributed by atoms with Crippen LogP contribution in [0, 0.1) is 0 Å². The van der Waals surface area contributed by atoms with Gasteiger partial charge in [0.2, 0.25) is 5.13 Å². The van der Waals surface area contributed by atoms with Crippen LogP contribution in [0.25, 0.3) is 10.8 Å². The predicted molar refractivity (Wildman–Crippen MR) is 128 cm³/mol. The first-order chi connectivity index (χ1) is 15.1. The molecule has 0 aliphatic rings. The van der Waals surface area contributed by atoms with Gasteiger partial charge >= 0.3 is 0 Å². The lowest BCUT2D eigenvalue weighted by Crippen LogP contribution is -2.30. The molecule has 4 aromatic rings. The summed E-state index contributed by atoms with van der Waals surface area (Å²) in [7, 11) is 0. The number of amides is 1. The summed E-state index contributed by atoms with van der Waals surface area (Å²) in [6.07, 6.45) is 0.331. The fraction of sp³-hybridized carbons (Fsp3) is 0.208. The van der Waals surface area contributed by atoms with Crippen molar-refractivity contribution in [3.8, 4) is 5.75 Å². The Bertz CT molecular complexity index is 1170. The number of nitrogens with zero attached hydrogens (tertiary/aromatic N) is 2. The molecule has 0 aliphatic carbocycles. The number of thioether (sulfide) groups is 1. The highest BCUT2D eigenvalue weighted by molar-refractivity contribution is 8.00. The van der Waals surface area contributed by atoms with Gasteiger partial charge in [0, 0.05) is 5.75 Å². The first-order valence-corrected chi connectivity index (χ1v) is 11.9. The summed E-state index contributed by atoms with van der Waals surface area (Å²) >= 11 is 2.98. The standard InChI is InChI=1S/C24H23N3O2S2/c1-3-17-11-13-20(14-12-17)29-16(2)22(28)25-23-26-27-24(31-23)30-15-19-9-6-8-18-7-4-5-10-21(18)19/h4-14,16H,3,15H2,1-2H3,(H,25,26,28). The van der Waals surface area contributed by atoms with E-state index in [9.17, 15) is 4.79 Å². The van der Waals surface area contributed by atoms with Gasteiger partial charge in [-0.25, -0.2) is 0 Å². The SMILES string of the molecule is CCc1ccc(OC(C)C(=O)Nc2nnc(SCc3cccc4ccccc34)s2)cc1. The van der Waals surface area contributed by atoms with Crippen molar-refractivity contribution in [2.75, 3.05) is 5.32 Å². The maximum absolute atomic E-state index is 12.5. The van der Waals surface area contributed by atoms with Crippen LogP contribution in [0.15, 0.2) is 71.1 Å². The molecule has 4 rings (SSSR count). The molecule has 0 saturated heterocycles. The molecule has 1 heterocycles. The third-order valence-corrected chi connectivity index (χ3v) is 6.90. The Morgan fingerprint density at radius 1 is 1.06 bits per heavy atom. The van der Waals surface area contributed by atoms with Crippen LogP contribution < -0.4 is 10.1 Å². The van der Waals surface area contributed by atoms with E-state index in [4.69, 9.17) is 4.74 Å². The molecule has 0 bridgehead atoms. The second kappa shape index (κ2) is 9.94. The molecule has 1 unspecified atom stereocenters. The highest BCUT2D eigenvalue weighted by Gasteiger charge is 2.17. The number of carbonyl (C=O) groups is 1. The van der Waals surface area contributed by atoms with Gasteiger partial charge in [-0.05, 0) is 47.4 Å². The maximum atomic E-state index is 12.5. The van der Waals surface area contributed by atoms with Crippen LogP contribution in [0.5, 0.6) is 5.75 Å². The van der Waals surface area contributed by atoms with E-state index in [1.807, 2.05) is 30.3 Å². The third-order valence-electron chi connectivity index (χ3n) is 4.88. The molecule has 0 saturated carbocycles. The molecule has 0 fully saturated rings. The first-order valence-electron chi connectivity index (χ1n) is 10.1. The number of hydrogen-bond acceptors (Lipinski definition) is 6. The minimum absolute atomic E-state index is 0.249. The molecule has 1 N–H and O–H groups in total. The Labute approximate surface area is 189 Å². The molecule has 1 atom stereocenters. The zero-order valence-electron chi connectivity index (χ0n) is 17.4. The lowest BCUT2D eigenvalue weighted by molar-refractivity contribution is -0.122. The highest BCUT2D eigenvalue weighted by Crippen LogP contribution is 2.31. The summed E-state index contributed by atoms with van der Waals surface area (Å²) in [5, 5.41) is 14.1. The average molecular weight is 450 g/mol. The van der Waals surface area contributed by atoms with Crippen molar-refractivity contribution in [2.45, 2.75) is 36.5 Å². The number of nitrogens with one attached hydrogen (secondary N) is 1. The largest absolute Gasteiger partial charge is 0.481 e. The number of aryl methyl sites for hydroxylation is 1. The molecule has 1 amide bonds. The van der Waals surface area contributed by atoms with Crippen molar-refractivity contribution in [3.63, 3.8) is 0 Å². The Hall–Kier alpha value is -2.90. The van der Waals surface area contributed by atoms with Crippen molar-refractivity contribution in [1.29, 1.82) is 0 Å². The molecule has 0 spiro atoms. The van der Waals surface area contributed by atoms with Gasteiger partial charge in [0.1, 0.15) is 5.75 Å². The summed E-state index contributed by atoms with van der Waals surface area (Å²) in [6.45, 7) is 3.82. The van der Waals surface area contributed by atoms with Gasteiger partial charge < -0.3 is 4.74 Å². The van der Waals surface area contributed by atoms with Crippen molar-refractivity contribution >= 4 is 44.9 Å². The van der Waals surface area contributed by atoms with Crippen molar-refractivity contribution in [3.05, 3.63) is 77.9 Å². The van der Waals surface area contributed by atoms with Gasteiger partial charge in [0.25, 0.3) is 5.91 Å². The Kier molecular flexibility index (Phi) is 6.84. The molecule has 1 aromatic heterocycles. The topological polar surface area (TPSA) is 64.1 Å². The fourth-order valence-electron chi connectivity index (χ4n) is 3.14. The van der Waals surface area contributed by atoms with Crippen molar-refractivity contribution in [1.82, 2.24) is 10.2 Å².